The quantitative estimate of drug-likeness (QED) is 0.376. The Bertz CT molecular complexity index is 260. The summed E-state index contributed by atoms with van der Waals surface area (Å²) in [7, 11) is 0. The topological polar surface area (TPSA) is 101 Å². The number of hydrogen-bond donors (Lipinski definition) is 2. The zero-order chi connectivity index (χ0) is 12.6. The summed E-state index contributed by atoms with van der Waals surface area (Å²) in [6, 6.07) is 0. The number of esters is 2. The molecule has 0 heterocycles. The Hall–Kier alpha value is -1.43. The van der Waals surface area contributed by atoms with E-state index in [9.17, 15) is 14.4 Å². The summed E-state index contributed by atoms with van der Waals surface area (Å²) in [5.74, 6) is -3.27. The van der Waals surface area contributed by atoms with Gasteiger partial charge in [-0.25, -0.2) is 4.79 Å². The smallest absolute Gasteiger partial charge is 0.343 e. The van der Waals surface area contributed by atoms with Crippen LogP contribution in [0.4, 0.5) is 0 Å². The van der Waals surface area contributed by atoms with Gasteiger partial charge in [-0.1, -0.05) is 19.8 Å². The number of rotatable bonds is 7. The summed E-state index contributed by atoms with van der Waals surface area (Å²) in [5, 5.41) is 17.3. The molecule has 1 unspecified atom stereocenters. The van der Waals surface area contributed by atoms with E-state index < -0.39 is 30.4 Å². The number of carboxylic acid groups (broad SMARTS) is 1. The van der Waals surface area contributed by atoms with Crippen molar-refractivity contribution in [1.29, 1.82) is 0 Å². The molecule has 0 radical (unpaired) electrons. The molecule has 0 aliphatic rings. The highest BCUT2D eigenvalue weighted by Gasteiger charge is 2.22. The van der Waals surface area contributed by atoms with Crippen LogP contribution in [0.3, 0.4) is 0 Å². The van der Waals surface area contributed by atoms with Gasteiger partial charge in [0.1, 0.15) is 0 Å². The van der Waals surface area contributed by atoms with E-state index in [0.29, 0.717) is 6.42 Å². The number of carbonyl (C=O) groups excluding carboxylic acids is 2. The highest BCUT2D eigenvalue weighted by Crippen LogP contribution is 2.02. The Kier molecular flexibility index (Phi) is 7.11. The second-order valence-corrected chi connectivity index (χ2v) is 3.36. The summed E-state index contributed by atoms with van der Waals surface area (Å²) in [4.78, 5) is 32.1. The van der Waals surface area contributed by atoms with Crippen LogP contribution in [0, 0.1) is 0 Å². The lowest BCUT2D eigenvalue weighted by atomic mass is 10.2. The third-order valence-electron chi connectivity index (χ3n) is 1.84. The van der Waals surface area contributed by atoms with Crippen LogP contribution >= 0.6 is 0 Å². The first-order valence-electron chi connectivity index (χ1n) is 5.11. The lowest BCUT2D eigenvalue weighted by Gasteiger charge is -2.06. The van der Waals surface area contributed by atoms with Gasteiger partial charge in [0.05, 0.1) is 6.42 Å². The maximum atomic E-state index is 11.0. The van der Waals surface area contributed by atoms with Gasteiger partial charge >= 0.3 is 17.9 Å². The molecule has 0 aromatic rings. The molecule has 1 atom stereocenters. The molecule has 16 heavy (non-hydrogen) atoms. The van der Waals surface area contributed by atoms with Crippen LogP contribution in [0.2, 0.25) is 0 Å². The average molecular weight is 232 g/mol. The third kappa shape index (κ3) is 6.94. The summed E-state index contributed by atoms with van der Waals surface area (Å²) in [6.07, 6.45) is -0.0605. The molecule has 0 aliphatic carbocycles. The largest absolute Gasteiger partial charge is 0.481 e. The lowest BCUT2D eigenvalue weighted by Crippen LogP contribution is -2.28. The van der Waals surface area contributed by atoms with E-state index in [0.717, 1.165) is 12.8 Å². The number of aliphatic hydroxyl groups excluding tert-OH is 1. The molecule has 2 N–H and O–H groups in total. The second kappa shape index (κ2) is 7.81. The van der Waals surface area contributed by atoms with Gasteiger partial charge in [-0.3, -0.25) is 9.59 Å². The summed E-state index contributed by atoms with van der Waals surface area (Å²) >= 11 is 0. The van der Waals surface area contributed by atoms with Gasteiger partial charge in [-0.15, -0.1) is 0 Å². The normalized spacial score (nSPS) is 11.9. The van der Waals surface area contributed by atoms with Crippen LogP contribution in [-0.4, -0.2) is 34.2 Å². The van der Waals surface area contributed by atoms with Crippen molar-refractivity contribution >= 4 is 17.9 Å². The van der Waals surface area contributed by atoms with Crippen LogP contribution in [0.25, 0.3) is 0 Å². The van der Waals surface area contributed by atoms with E-state index in [1.165, 1.54) is 0 Å². The zero-order valence-electron chi connectivity index (χ0n) is 9.14. The number of hydrogen-bond acceptors (Lipinski definition) is 5. The molecule has 0 saturated heterocycles. The lowest BCUT2D eigenvalue weighted by molar-refractivity contribution is -0.168. The fourth-order valence-electron chi connectivity index (χ4n) is 0.999. The SMILES string of the molecule is CCCCCC(=O)OC(=O)C(O)CC(=O)O. The van der Waals surface area contributed by atoms with Crippen molar-refractivity contribution in [3.63, 3.8) is 0 Å². The first kappa shape index (κ1) is 14.6. The Morgan fingerprint density at radius 1 is 1.25 bits per heavy atom. The van der Waals surface area contributed by atoms with E-state index in [2.05, 4.69) is 4.74 Å². The molecule has 0 rings (SSSR count). The standard InChI is InChI=1S/C10H16O6/c1-2-3-4-5-9(14)16-10(15)7(11)6-8(12)13/h7,11H,2-6H2,1H3,(H,12,13). The highest BCUT2D eigenvalue weighted by molar-refractivity contribution is 5.89. The number of unbranched alkanes of at least 4 members (excludes halogenated alkanes) is 2. The van der Waals surface area contributed by atoms with E-state index in [4.69, 9.17) is 10.2 Å². The molecule has 0 spiro atoms. The number of carbonyl (C=O) groups is 3. The van der Waals surface area contributed by atoms with Crippen molar-refractivity contribution in [2.75, 3.05) is 0 Å². The van der Waals surface area contributed by atoms with Crippen molar-refractivity contribution in [2.45, 2.75) is 45.1 Å². The first-order chi connectivity index (χ1) is 7.47. The van der Waals surface area contributed by atoms with Gasteiger partial charge in [0, 0.05) is 6.42 Å². The minimum absolute atomic E-state index is 0.0966. The monoisotopic (exact) mass is 232 g/mol. The number of ether oxygens (including phenoxy) is 1. The van der Waals surface area contributed by atoms with E-state index in [1.807, 2.05) is 6.92 Å². The van der Waals surface area contributed by atoms with Crippen LogP contribution < -0.4 is 0 Å². The summed E-state index contributed by atoms with van der Waals surface area (Å²) < 4.78 is 4.27. The van der Waals surface area contributed by atoms with Crippen molar-refractivity contribution < 1.29 is 29.3 Å². The van der Waals surface area contributed by atoms with Crippen molar-refractivity contribution in [3.8, 4) is 0 Å². The molecule has 0 fully saturated rings. The molecular weight excluding hydrogens is 216 g/mol. The molecule has 0 saturated carbocycles. The predicted octanol–water partition coefficient (Wildman–Crippen LogP) is 0.472. The molecular formula is C10H16O6. The van der Waals surface area contributed by atoms with Gasteiger partial charge in [0.25, 0.3) is 0 Å². The van der Waals surface area contributed by atoms with Gasteiger partial charge in [-0.2, -0.15) is 0 Å². The fourth-order valence-corrected chi connectivity index (χ4v) is 0.999. The van der Waals surface area contributed by atoms with E-state index >= 15 is 0 Å². The second-order valence-electron chi connectivity index (χ2n) is 3.36. The first-order valence-corrected chi connectivity index (χ1v) is 5.11. The number of aliphatic carboxylic acids is 1. The molecule has 0 amide bonds. The van der Waals surface area contributed by atoms with Gasteiger partial charge in [0.15, 0.2) is 6.10 Å². The van der Waals surface area contributed by atoms with Crippen molar-refractivity contribution in [1.82, 2.24) is 0 Å². The number of aliphatic hydroxyl groups is 1. The molecule has 0 bridgehead atoms. The molecule has 0 aromatic carbocycles. The zero-order valence-corrected chi connectivity index (χ0v) is 9.14. The van der Waals surface area contributed by atoms with Gasteiger partial charge in [0.2, 0.25) is 0 Å². The van der Waals surface area contributed by atoms with Gasteiger partial charge < -0.3 is 14.9 Å². The molecule has 6 heteroatoms. The Morgan fingerprint density at radius 2 is 1.88 bits per heavy atom. The van der Waals surface area contributed by atoms with Crippen LogP contribution in [0.15, 0.2) is 0 Å². The van der Waals surface area contributed by atoms with Crippen molar-refractivity contribution in [2.24, 2.45) is 0 Å². The van der Waals surface area contributed by atoms with E-state index in [-0.39, 0.29) is 6.42 Å². The number of carboxylic acids is 1. The van der Waals surface area contributed by atoms with Crippen molar-refractivity contribution in [3.05, 3.63) is 0 Å². The minimum atomic E-state index is -1.78. The minimum Gasteiger partial charge on any atom is -0.481 e. The Labute approximate surface area is 93.2 Å². The maximum absolute atomic E-state index is 11.0. The van der Waals surface area contributed by atoms with Crippen LogP contribution in [0.1, 0.15) is 39.0 Å². The third-order valence-corrected chi connectivity index (χ3v) is 1.84. The Morgan fingerprint density at radius 3 is 2.38 bits per heavy atom. The van der Waals surface area contributed by atoms with Crippen LogP contribution in [-0.2, 0) is 19.1 Å². The molecule has 0 aliphatic heterocycles. The highest BCUT2D eigenvalue weighted by atomic mass is 16.6. The molecule has 6 nitrogen and oxygen atoms in total. The van der Waals surface area contributed by atoms with E-state index in [1.54, 1.807) is 0 Å². The summed E-state index contributed by atoms with van der Waals surface area (Å²) in [6.45, 7) is 1.97. The average Bonchev–Trinajstić information content (AvgIpc) is 2.16. The summed E-state index contributed by atoms with van der Waals surface area (Å²) in [5.41, 5.74) is 0. The fraction of sp³-hybridized carbons (Fsp3) is 0.700. The molecule has 92 valence electrons. The maximum Gasteiger partial charge on any atom is 0.343 e. The predicted molar refractivity (Wildman–Crippen MR) is 53.5 cm³/mol. The van der Waals surface area contributed by atoms with Gasteiger partial charge in [-0.05, 0) is 6.42 Å². The Balaban J connectivity index is 3.85. The van der Waals surface area contributed by atoms with Crippen LogP contribution in [0.5, 0.6) is 0 Å². The molecule has 0 aromatic heterocycles.